The van der Waals surface area contributed by atoms with Gasteiger partial charge in [0, 0.05) is 54.9 Å². The quantitative estimate of drug-likeness (QED) is 0.263. The molecule has 3 N–H and O–H groups in total. The molecule has 1 aromatic heterocycles. The van der Waals surface area contributed by atoms with Gasteiger partial charge in [-0.2, -0.15) is 0 Å². The molecule has 1 fully saturated rings. The van der Waals surface area contributed by atoms with Crippen molar-refractivity contribution in [1.82, 2.24) is 20.1 Å². The van der Waals surface area contributed by atoms with Crippen LogP contribution in [0.15, 0.2) is 72.9 Å². The van der Waals surface area contributed by atoms with Crippen LogP contribution >= 0.6 is 0 Å². The van der Waals surface area contributed by atoms with E-state index in [0.29, 0.717) is 19.0 Å². The summed E-state index contributed by atoms with van der Waals surface area (Å²) < 4.78 is 0. The van der Waals surface area contributed by atoms with Crippen LogP contribution in [0, 0.1) is 6.92 Å². The second-order valence-electron chi connectivity index (χ2n) is 12.1. The average Bonchev–Trinajstić information content (AvgIpc) is 3.44. The molecule has 2 aliphatic rings. The number of benzene rings is 3. The Morgan fingerprint density at radius 1 is 0.952 bits per heavy atom. The van der Waals surface area contributed by atoms with E-state index in [9.17, 15) is 9.59 Å². The van der Waals surface area contributed by atoms with Crippen molar-refractivity contribution < 1.29 is 9.59 Å². The van der Waals surface area contributed by atoms with E-state index in [0.717, 1.165) is 54.5 Å². The van der Waals surface area contributed by atoms with Crippen LogP contribution in [0.1, 0.15) is 59.4 Å². The highest BCUT2D eigenvalue weighted by Gasteiger charge is 2.33. The zero-order valence-corrected chi connectivity index (χ0v) is 24.8. The number of piperidine rings is 1. The fraction of sp³-hybridized carbons (Fsp3) is 0.371. The lowest BCUT2D eigenvalue weighted by molar-refractivity contribution is -0.118. The van der Waals surface area contributed by atoms with Gasteiger partial charge in [-0.05, 0) is 85.2 Å². The van der Waals surface area contributed by atoms with Gasteiger partial charge in [0.25, 0.3) is 0 Å². The van der Waals surface area contributed by atoms with Crippen LogP contribution in [0.2, 0.25) is 0 Å². The Morgan fingerprint density at radius 2 is 1.71 bits per heavy atom. The normalized spacial score (nSPS) is 17.5. The third-order valence-electron chi connectivity index (χ3n) is 9.26. The topological polar surface area (TPSA) is 80.5 Å². The monoisotopic (exact) mass is 563 g/mol. The molecule has 3 heterocycles. The van der Waals surface area contributed by atoms with E-state index in [1.807, 2.05) is 42.3 Å². The molecule has 2 atom stereocenters. The minimum atomic E-state index is -0.746. The first-order chi connectivity index (χ1) is 20.4. The van der Waals surface area contributed by atoms with Crippen LogP contribution in [0.25, 0.3) is 10.9 Å². The zero-order chi connectivity index (χ0) is 29.2. The zero-order valence-electron chi connectivity index (χ0n) is 24.8. The number of para-hydroxylation sites is 1. The number of carbonyl (C=O) groups excluding carboxylic acids is 2. The van der Waals surface area contributed by atoms with Crippen molar-refractivity contribution >= 4 is 28.5 Å². The summed E-state index contributed by atoms with van der Waals surface area (Å²) in [6.45, 7) is 7.41. The fourth-order valence-electron chi connectivity index (χ4n) is 6.73. The third kappa shape index (κ3) is 5.79. The molecule has 2 aliphatic heterocycles. The summed E-state index contributed by atoms with van der Waals surface area (Å²) in [5, 5.41) is 7.35. The number of amides is 3. The van der Waals surface area contributed by atoms with Gasteiger partial charge in [-0.15, -0.1) is 0 Å². The van der Waals surface area contributed by atoms with E-state index < -0.39 is 6.04 Å². The Morgan fingerprint density at radius 3 is 2.52 bits per heavy atom. The first-order valence-corrected chi connectivity index (χ1v) is 15.2. The number of fused-ring (bicyclic) bond motifs is 2. The van der Waals surface area contributed by atoms with Crippen LogP contribution < -0.4 is 10.6 Å². The Hall–Kier alpha value is -4.10. The SMILES string of the molecule is Cc1ccccc1C1CCN(C(=O)N[C@@H](C(=O)Nc2ccc3c(c2)CN(C)CC3)[C@H](C)c2c[nH]c3ccccc23)CC1. The molecule has 0 radical (unpaired) electrons. The van der Waals surface area contributed by atoms with Crippen LogP contribution in [-0.4, -0.2) is 59.4 Å². The van der Waals surface area contributed by atoms with Gasteiger partial charge >= 0.3 is 6.03 Å². The number of anilines is 1. The predicted octanol–water partition coefficient (Wildman–Crippen LogP) is 6.16. The van der Waals surface area contributed by atoms with Gasteiger partial charge in [0.1, 0.15) is 6.04 Å². The van der Waals surface area contributed by atoms with E-state index in [-0.39, 0.29) is 17.9 Å². The standard InChI is InChI=1S/C35H41N5O2/c1-23-8-4-5-9-29(23)26-15-18-40(19-16-26)35(42)38-33(24(2)31-21-36-32-11-7-6-10-30(31)32)34(41)37-28-13-12-25-14-17-39(3)22-27(25)20-28/h4-13,20-21,24,26,33,36H,14-19,22H2,1-3H3,(H,37,41)(H,38,42)/t24-,33-/m1/s1. The number of likely N-dealkylation sites (N-methyl/N-ethyl adjacent to an activating group) is 1. The number of aromatic amines is 1. The summed E-state index contributed by atoms with van der Waals surface area (Å²) >= 11 is 0. The molecule has 218 valence electrons. The summed E-state index contributed by atoms with van der Waals surface area (Å²) in [7, 11) is 2.12. The summed E-state index contributed by atoms with van der Waals surface area (Å²) in [6, 6.07) is 21.9. The Kier molecular flexibility index (Phi) is 8.02. The molecule has 7 nitrogen and oxygen atoms in total. The van der Waals surface area contributed by atoms with Gasteiger partial charge in [0.2, 0.25) is 5.91 Å². The number of hydrogen-bond donors (Lipinski definition) is 3. The van der Waals surface area contributed by atoms with Crippen LogP contribution in [0.3, 0.4) is 0 Å². The highest BCUT2D eigenvalue weighted by atomic mass is 16.2. The van der Waals surface area contributed by atoms with Gasteiger partial charge in [0.05, 0.1) is 0 Å². The molecular formula is C35H41N5O2. The molecule has 3 aromatic carbocycles. The van der Waals surface area contributed by atoms with Crippen molar-refractivity contribution in [2.75, 3.05) is 32.0 Å². The molecule has 0 saturated carbocycles. The first-order valence-electron chi connectivity index (χ1n) is 15.2. The summed E-state index contributed by atoms with van der Waals surface area (Å²) in [5.41, 5.74) is 8.04. The summed E-state index contributed by atoms with van der Waals surface area (Å²) in [5.74, 6) is -0.0130. The number of carbonyl (C=O) groups is 2. The summed E-state index contributed by atoms with van der Waals surface area (Å²) in [6.07, 6.45) is 4.80. The van der Waals surface area contributed by atoms with Crippen LogP contribution in [0.4, 0.5) is 10.5 Å². The van der Waals surface area contributed by atoms with Gasteiger partial charge in [-0.1, -0.05) is 55.5 Å². The molecule has 7 heteroatoms. The van der Waals surface area contributed by atoms with Crippen molar-refractivity contribution in [3.63, 3.8) is 0 Å². The molecule has 6 rings (SSSR count). The lowest BCUT2D eigenvalue weighted by atomic mass is 9.87. The van der Waals surface area contributed by atoms with Crippen LogP contribution in [0.5, 0.6) is 0 Å². The third-order valence-corrected chi connectivity index (χ3v) is 9.26. The molecule has 0 aliphatic carbocycles. The number of hydrogen-bond acceptors (Lipinski definition) is 3. The maximum absolute atomic E-state index is 13.9. The second-order valence-corrected chi connectivity index (χ2v) is 12.1. The van der Waals surface area contributed by atoms with Crippen molar-refractivity contribution in [3.05, 3.63) is 101 Å². The van der Waals surface area contributed by atoms with E-state index in [4.69, 9.17) is 0 Å². The maximum atomic E-state index is 13.9. The fourth-order valence-corrected chi connectivity index (χ4v) is 6.73. The van der Waals surface area contributed by atoms with Crippen LogP contribution in [-0.2, 0) is 17.8 Å². The highest BCUT2D eigenvalue weighted by Crippen LogP contribution is 2.32. The average molecular weight is 564 g/mol. The number of rotatable bonds is 6. The second kappa shape index (κ2) is 12.0. The maximum Gasteiger partial charge on any atom is 0.318 e. The Labute approximate surface area is 248 Å². The smallest absolute Gasteiger partial charge is 0.318 e. The number of nitrogens with one attached hydrogen (secondary N) is 3. The van der Waals surface area contributed by atoms with Crippen molar-refractivity contribution in [3.8, 4) is 0 Å². The van der Waals surface area contributed by atoms with Crippen molar-refractivity contribution in [1.29, 1.82) is 0 Å². The number of likely N-dealkylation sites (tertiary alicyclic amines) is 1. The van der Waals surface area contributed by atoms with E-state index in [1.165, 1.54) is 22.3 Å². The molecule has 0 unspecified atom stereocenters. The Bertz CT molecular complexity index is 1590. The number of urea groups is 1. The summed E-state index contributed by atoms with van der Waals surface area (Å²) in [4.78, 5) is 35.1. The molecule has 1 saturated heterocycles. The number of H-pyrrole nitrogens is 1. The highest BCUT2D eigenvalue weighted by molar-refractivity contribution is 5.98. The van der Waals surface area contributed by atoms with E-state index in [2.05, 4.69) is 77.0 Å². The van der Waals surface area contributed by atoms with Gasteiger partial charge in [-0.25, -0.2) is 4.79 Å². The van der Waals surface area contributed by atoms with Crippen molar-refractivity contribution in [2.24, 2.45) is 0 Å². The van der Waals surface area contributed by atoms with Gasteiger partial charge < -0.3 is 25.4 Å². The minimum Gasteiger partial charge on any atom is -0.361 e. The Balaban J connectivity index is 1.21. The van der Waals surface area contributed by atoms with E-state index in [1.54, 1.807) is 0 Å². The van der Waals surface area contributed by atoms with Gasteiger partial charge in [-0.3, -0.25) is 4.79 Å². The number of aromatic nitrogens is 1. The molecule has 42 heavy (non-hydrogen) atoms. The molecule has 0 bridgehead atoms. The number of nitrogens with zero attached hydrogens (tertiary/aromatic N) is 2. The molecule has 0 spiro atoms. The molecule has 3 amide bonds. The van der Waals surface area contributed by atoms with Gasteiger partial charge in [0.15, 0.2) is 0 Å². The molecular weight excluding hydrogens is 522 g/mol. The van der Waals surface area contributed by atoms with Crippen molar-refractivity contribution in [2.45, 2.75) is 57.5 Å². The molecule has 4 aromatic rings. The first kappa shape index (κ1) is 28.0. The van der Waals surface area contributed by atoms with E-state index >= 15 is 0 Å². The predicted molar refractivity (Wildman–Crippen MR) is 169 cm³/mol. The lowest BCUT2D eigenvalue weighted by Crippen LogP contribution is -2.53. The minimum absolute atomic E-state index is 0.183. The lowest BCUT2D eigenvalue weighted by Gasteiger charge is -2.34. The largest absolute Gasteiger partial charge is 0.361 e. The number of aryl methyl sites for hydroxylation is 1.